The molecule has 3 aromatic rings. The molecule has 3 N–H and O–H groups in total. The van der Waals surface area contributed by atoms with E-state index in [1.807, 2.05) is 39.8 Å². The molecule has 0 aromatic carbocycles. The number of halogens is 1. The molecule has 194 valence electrons. The fourth-order valence-corrected chi connectivity index (χ4v) is 5.65. The number of nitrogens with one attached hydrogen (secondary N) is 3. The Labute approximate surface area is 222 Å². The molecule has 9 heteroatoms. The maximum absolute atomic E-state index is 13.7. The molecule has 2 fully saturated rings. The van der Waals surface area contributed by atoms with Gasteiger partial charge in [0.05, 0.1) is 0 Å². The molecular weight excluding hydrogens is 488 g/mol. The summed E-state index contributed by atoms with van der Waals surface area (Å²) in [6.07, 6.45) is 7.79. The van der Waals surface area contributed by atoms with Gasteiger partial charge >= 0.3 is 5.91 Å². The van der Waals surface area contributed by atoms with Crippen molar-refractivity contribution in [3.8, 4) is 11.1 Å². The molecule has 2 aliphatic carbocycles. The van der Waals surface area contributed by atoms with E-state index in [2.05, 4.69) is 25.7 Å². The van der Waals surface area contributed by atoms with Gasteiger partial charge < -0.3 is 5.32 Å². The number of aromatic nitrogens is 4. The van der Waals surface area contributed by atoms with Crippen LogP contribution in [0, 0.1) is 31.6 Å². The molecule has 3 heterocycles. The van der Waals surface area contributed by atoms with Crippen molar-refractivity contribution < 1.29 is 14.6 Å². The summed E-state index contributed by atoms with van der Waals surface area (Å²) < 4.78 is 1.68. The molecule has 0 aliphatic heterocycles. The lowest BCUT2D eigenvalue weighted by atomic mass is 9.88. The normalized spacial score (nSPS) is 16.2. The Hall–Kier alpha value is -3.26. The first-order valence-electron chi connectivity index (χ1n) is 13.0. The molecule has 0 radical (unpaired) electrons. The number of aryl methyl sites for hydroxylation is 2. The number of hydrogen-bond acceptors (Lipinski definition) is 4. The second-order valence-electron chi connectivity index (χ2n) is 10.6. The van der Waals surface area contributed by atoms with Gasteiger partial charge in [0.25, 0.3) is 11.7 Å². The smallest absolute Gasteiger partial charge is 0.330 e. The summed E-state index contributed by atoms with van der Waals surface area (Å²) in [5, 5.41) is 10.8. The van der Waals surface area contributed by atoms with Crippen molar-refractivity contribution in [1.29, 1.82) is 0 Å². The molecule has 0 spiro atoms. The summed E-state index contributed by atoms with van der Waals surface area (Å²) in [5.74, 6) is 1.01. The predicted octanol–water partition coefficient (Wildman–Crippen LogP) is 4.78. The monoisotopic (exact) mass is 521 g/mol. The van der Waals surface area contributed by atoms with Crippen LogP contribution in [0.15, 0.2) is 36.7 Å². The van der Waals surface area contributed by atoms with Crippen LogP contribution in [-0.2, 0) is 4.79 Å². The second kappa shape index (κ2) is 10.2. The summed E-state index contributed by atoms with van der Waals surface area (Å²) in [4.78, 5) is 34.5. The molecule has 37 heavy (non-hydrogen) atoms. The Morgan fingerprint density at radius 1 is 1.05 bits per heavy atom. The number of anilines is 1. The molecular formula is C28H34ClN6O2+. The van der Waals surface area contributed by atoms with E-state index in [9.17, 15) is 9.59 Å². The Morgan fingerprint density at radius 3 is 2.35 bits per heavy atom. The Bertz CT molecular complexity index is 1300. The van der Waals surface area contributed by atoms with Gasteiger partial charge in [-0.25, -0.2) is 15.1 Å². The van der Waals surface area contributed by atoms with Crippen molar-refractivity contribution in [3.05, 3.63) is 58.8 Å². The SMILES string of the molecule is Cc1ccnc(C)c1-c1ccc(NC(=O)[C@@H](NC(=O)c2ccnn2C(C)C)C(C2CC2)C2CC2)[nH+]c1Cl. The van der Waals surface area contributed by atoms with E-state index in [-0.39, 0.29) is 23.8 Å². The quantitative estimate of drug-likeness (QED) is 0.395. The third kappa shape index (κ3) is 5.39. The molecule has 2 amide bonds. The highest BCUT2D eigenvalue weighted by Gasteiger charge is 2.49. The molecule has 2 aliphatic rings. The predicted molar refractivity (Wildman–Crippen MR) is 142 cm³/mol. The van der Waals surface area contributed by atoms with Gasteiger partial charge in [0.15, 0.2) is 0 Å². The fourth-order valence-electron chi connectivity index (χ4n) is 5.39. The lowest BCUT2D eigenvalue weighted by Crippen LogP contribution is -2.50. The average Bonchev–Trinajstić information content (AvgIpc) is 3.79. The van der Waals surface area contributed by atoms with Gasteiger partial charge in [-0.05, 0) is 106 Å². The summed E-state index contributed by atoms with van der Waals surface area (Å²) in [7, 11) is 0. The maximum Gasteiger partial charge on any atom is 0.330 e. The van der Waals surface area contributed by atoms with E-state index >= 15 is 0 Å². The number of amides is 2. The molecule has 8 nitrogen and oxygen atoms in total. The highest BCUT2D eigenvalue weighted by Crippen LogP contribution is 2.51. The van der Waals surface area contributed by atoms with Crippen LogP contribution in [0.2, 0.25) is 5.15 Å². The number of rotatable bonds is 9. The standard InChI is InChI=1S/C28H33ClN6O2/c1-15(2)35-21(12-14-31-35)27(36)34-25(24(18-5-6-18)19-7-8-19)28(37)33-22-10-9-20(26(29)32-22)23-16(3)11-13-30-17(23)4/h9-15,18-19,24-25H,5-8H2,1-4H3,(H,34,36)(H,32,33,37)/p+1/t25-/m0/s1. The zero-order valence-electron chi connectivity index (χ0n) is 21.7. The molecule has 5 rings (SSSR count). The van der Waals surface area contributed by atoms with Crippen molar-refractivity contribution in [2.24, 2.45) is 17.8 Å². The number of carbonyl (C=O) groups is 2. The van der Waals surface area contributed by atoms with Gasteiger partial charge in [0, 0.05) is 41.3 Å². The van der Waals surface area contributed by atoms with Crippen LogP contribution in [-0.4, -0.2) is 32.6 Å². The van der Waals surface area contributed by atoms with E-state index in [0.717, 1.165) is 48.1 Å². The lowest BCUT2D eigenvalue weighted by Gasteiger charge is -2.25. The van der Waals surface area contributed by atoms with Crippen LogP contribution in [0.25, 0.3) is 11.1 Å². The van der Waals surface area contributed by atoms with E-state index in [1.54, 1.807) is 29.2 Å². The number of nitrogens with zero attached hydrogens (tertiary/aromatic N) is 3. The molecule has 0 unspecified atom stereocenters. The molecule has 3 aromatic heterocycles. The lowest BCUT2D eigenvalue weighted by molar-refractivity contribution is -0.357. The van der Waals surface area contributed by atoms with Crippen molar-refractivity contribution >= 4 is 29.2 Å². The van der Waals surface area contributed by atoms with Gasteiger partial charge in [0.1, 0.15) is 11.7 Å². The summed E-state index contributed by atoms with van der Waals surface area (Å²) in [5.41, 5.74) is 4.20. The Balaban J connectivity index is 1.39. The Kier molecular flexibility index (Phi) is 7.03. The highest BCUT2D eigenvalue weighted by molar-refractivity contribution is 6.31. The molecule has 2 saturated carbocycles. The summed E-state index contributed by atoms with van der Waals surface area (Å²) in [6.45, 7) is 7.92. The average molecular weight is 522 g/mol. The van der Waals surface area contributed by atoms with Gasteiger partial charge in [-0.1, -0.05) is 0 Å². The number of pyridine rings is 2. The molecule has 1 atom stereocenters. The van der Waals surface area contributed by atoms with E-state index < -0.39 is 6.04 Å². The van der Waals surface area contributed by atoms with Crippen LogP contribution in [0.1, 0.15) is 67.3 Å². The van der Waals surface area contributed by atoms with Crippen LogP contribution in [0.4, 0.5) is 5.82 Å². The van der Waals surface area contributed by atoms with Gasteiger partial charge in [-0.2, -0.15) is 5.10 Å². The number of carbonyl (C=O) groups excluding carboxylic acids is 2. The molecule has 0 saturated heterocycles. The highest BCUT2D eigenvalue weighted by atomic mass is 35.5. The van der Waals surface area contributed by atoms with Crippen LogP contribution in [0.5, 0.6) is 0 Å². The zero-order valence-corrected chi connectivity index (χ0v) is 22.5. The third-order valence-corrected chi connectivity index (χ3v) is 7.75. The topological polar surface area (TPSA) is 103 Å². The second-order valence-corrected chi connectivity index (χ2v) is 11.0. The number of aromatic amines is 1. The van der Waals surface area contributed by atoms with Gasteiger partial charge in [-0.15, -0.1) is 0 Å². The molecule has 0 bridgehead atoms. The first kappa shape index (κ1) is 25.4. The summed E-state index contributed by atoms with van der Waals surface area (Å²) >= 11 is 6.64. The van der Waals surface area contributed by atoms with Gasteiger partial charge in [-0.3, -0.25) is 14.5 Å². The largest absolute Gasteiger partial charge is 0.337 e. The Morgan fingerprint density at radius 2 is 1.76 bits per heavy atom. The van der Waals surface area contributed by atoms with E-state index in [4.69, 9.17) is 11.6 Å². The minimum atomic E-state index is -0.641. The van der Waals surface area contributed by atoms with Crippen molar-refractivity contribution in [2.45, 2.75) is 65.5 Å². The van der Waals surface area contributed by atoms with E-state index in [0.29, 0.717) is 28.5 Å². The first-order chi connectivity index (χ1) is 17.7. The minimum absolute atomic E-state index is 0.0352. The zero-order chi connectivity index (χ0) is 26.3. The minimum Gasteiger partial charge on any atom is -0.337 e. The maximum atomic E-state index is 13.7. The number of hydrogen-bond donors (Lipinski definition) is 2. The van der Waals surface area contributed by atoms with E-state index in [1.165, 1.54) is 0 Å². The summed E-state index contributed by atoms with van der Waals surface area (Å²) in [6, 6.07) is 6.73. The third-order valence-electron chi connectivity index (χ3n) is 7.45. The fraction of sp³-hybridized carbons (Fsp3) is 0.464. The van der Waals surface area contributed by atoms with Crippen LogP contribution < -0.4 is 15.6 Å². The first-order valence-corrected chi connectivity index (χ1v) is 13.4. The van der Waals surface area contributed by atoms with Crippen LogP contribution >= 0.6 is 11.6 Å². The van der Waals surface area contributed by atoms with Crippen molar-refractivity contribution in [1.82, 2.24) is 20.1 Å². The van der Waals surface area contributed by atoms with Crippen molar-refractivity contribution in [2.75, 3.05) is 5.32 Å². The van der Waals surface area contributed by atoms with Crippen LogP contribution in [0.3, 0.4) is 0 Å². The van der Waals surface area contributed by atoms with Crippen molar-refractivity contribution in [3.63, 3.8) is 0 Å². The number of H-pyrrole nitrogens is 1. The van der Waals surface area contributed by atoms with Gasteiger partial charge in [0.2, 0.25) is 5.15 Å².